The maximum absolute atomic E-state index is 5.57. The Bertz CT molecular complexity index is 741. The monoisotopic (exact) mass is 304 g/mol. The molecule has 3 aromatic rings. The van der Waals surface area contributed by atoms with Crippen molar-refractivity contribution in [1.82, 2.24) is 0 Å². The molecule has 0 aliphatic carbocycles. The second-order valence-corrected chi connectivity index (χ2v) is 5.53. The Hall–Kier alpha value is -2.14. The summed E-state index contributed by atoms with van der Waals surface area (Å²) in [7, 11) is 6.56. The Balaban J connectivity index is 2.52. The van der Waals surface area contributed by atoms with Gasteiger partial charge in [-0.1, -0.05) is 0 Å². The molecule has 0 unspecified atom stereocenters. The van der Waals surface area contributed by atoms with Gasteiger partial charge in [0.2, 0.25) is 0 Å². The number of hydrogen-bond donors (Lipinski definition) is 0. The highest BCUT2D eigenvalue weighted by atomic mass is 32.1. The van der Waals surface area contributed by atoms with Crippen molar-refractivity contribution in [3.63, 3.8) is 0 Å². The third kappa shape index (κ3) is 1.96. The third-order valence-corrected chi connectivity index (χ3v) is 4.60. The highest BCUT2D eigenvalue weighted by molar-refractivity contribution is 7.26. The van der Waals surface area contributed by atoms with Crippen molar-refractivity contribution in [3.05, 3.63) is 24.3 Å². The van der Waals surface area contributed by atoms with Crippen LogP contribution in [0.15, 0.2) is 24.3 Å². The fourth-order valence-corrected chi connectivity index (χ4v) is 3.68. The zero-order valence-corrected chi connectivity index (χ0v) is 13.2. The van der Waals surface area contributed by atoms with Crippen LogP contribution in [0.2, 0.25) is 0 Å². The first kappa shape index (κ1) is 13.8. The van der Waals surface area contributed by atoms with E-state index >= 15 is 0 Å². The molecule has 0 saturated heterocycles. The summed E-state index contributed by atoms with van der Waals surface area (Å²) in [5.41, 5.74) is 0. The van der Waals surface area contributed by atoms with Gasteiger partial charge >= 0.3 is 0 Å². The number of hydrogen-bond acceptors (Lipinski definition) is 5. The van der Waals surface area contributed by atoms with Gasteiger partial charge in [-0.05, 0) is 24.3 Å². The Kier molecular flexibility index (Phi) is 3.51. The van der Waals surface area contributed by atoms with E-state index in [2.05, 4.69) is 0 Å². The molecule has 0 radical (unpaired) electrons. The molecule has 110 valence electrons. The molecule has 21 heavy (non-hydrogen) atoms. The summed E-state index contributed by atoms with van der Waals surface area (Å²) in [6, 6.07) is 7.90. The first-order chi connectivity index (χ1) is 10.2. The van der Waals surface area contributed by atoms with Crippen molar-refractivity contribution in [3.8, 4) is 23.0 Å². The van der Waals surface area contributed by atoms with Gasteiger partial charge in [0.1, 0.15) is 0 Å². The Morgan fingerprint density at radius 2 is 1.05 bits per heavy atom. The molecule has 0 saturated carbocycles. The van der Waals surface area contributed by atoms with Gasteiger partial charge in [0.15, 0.2) is 23.0 Å². The molecule has 1 aromatic heterocycles. The summed E-state index contributed by atoms with van der Waals surface area (Å²) >= 11 is 1.69. The third-order valence-electron chi connectivity index (χ3n) is 3.48. The number of methoxy groups -OCH3 is 4. The molecule has 0 bridgehead atoms. The Labute approximate surface area is 126 Å². The minimum absolute atomic E-state index is 0.703. The largest absolute Gasteiger partial charge is 0.493 e. The van der Waals surface area contributed by atoms with E-state index in [1.165, 1.54) is 0 Å². The van der Waals surface area contributed by atoms with Crippen molar-refractivity contribution >= 4 is 31.5 Å². The molecular weight excluding hydrogens is 288 g/mol. The van der Waals surface area contributed by atoms with Crippen LogP contribution < -0.4 is 18.9 Å². The fraction of sp³-hybridized carbons (Fsp3) is 0.250. The van der Waals surface area contributed by atoms with Crippen LogP contribution in [0.25, 0.3) is 20.2 Å². The van der Waals surface area contributed by atoms with E-state index in [9.17, 15) is 0 Å². The lowest BCUT2D eigenvalue weighted by Gasteiger charge is -2.11. The molecule has 0 fully saturated rings. The first-order valence-electron chi connectivity index (χ1n) is 6.43. The molecule has 2 aromatic carbocycles. The minimum Gasteiger partial charge on any atom is -0.493 e. The molecule has 4 nitrogen and oxygen atoms in total. The van der Waals surface area contributed by atoms with Gasteiger partial charge in [0.25, 0.3) is 0 Å². The molecular formula is C16H16O4S. The van der Waals surface area contributed by atoms with Crippen LogP contribution in [0, 0.1) is 0 Å². The first-order valence-corrected chi connectivity index (χ1v) is 7.25. The smallest absolute Gasteiger partial charge is 0.170 e. The van der Waals surface area contributed by atoms with E-state index in [0.717, 1.165) is 20.2 Å². The molecule has 0 atom stereocenters. The minimum atomic E-state index is 0.703. The average molecular weight is 304 g/mol. The quantitative estimate of drug-likeness (QED) is 0.727. The maximum Gasteiger partial charge on any atom is 0.170 e. The highest BCUT2D eigenvalue weighted by Crippen LogP contribution is 2.49. The molecule has 0 spiro atoms. The van der Waals surface area contributed by atoms with Crippen molar-refractivity contribution in [1.29, 1.82) is 0 Å². The summed E-state index contributed by atoms with van der Waals surface area (Å²) < 4.78 is 24.2. The van der Waals surface area contributed by atoms with Gasteiger partial charge in [-0.3, -0.25) is 0 Å². The van der Waals surface area contributed by atoms with Crippen LogP contribution in [-0.4, -0.2) is 28.4 Å². The second kappa shape index (κ2) is 5.33. The number of rotatable bonds is 4. The molecule has 0 amide bonds. The van der Waals surface area contributed by atoms with Crippen molar-refractivity contribution in [2.24, 2.45) is 0 Å². The summed E-state index contributed by atoms with van der Waals surface area (Å²) in [5.74, 6) is 2.84. The summed E-state index contributed by atoms with van der Waals surface area (Å²) in [6.45, 7) is 0. The summed E-state index contributed by atoms with van der Waals surface area (Å²) in [6.07, 6.45) is 0. The molecule has 0 aliphatic rings. The predicted octanol–water partition coefficient (Wildman–Crippen LogP) is 4.09. The zero-order chi connectivity index (χ0) is 15.0. The summed E-state index contributed by atoms with van der Waals surface area (Å²) in [4.78, 5) is 0. The Morgan fingerprint density at radius 1 is 0.619 bits per heavy atom. The van der Waals surface area contributed by atoms with Crippen LogP contribution in [0.5, 0.6) is 23.0 Å². The fourth-order valence-electron chi connectivity index (χ4n) is 2.58. The summed E-state index contributed by atoms with van der Waals surface area (Å²) in [5, 5.41) is 1.99. The number of fused-ring (bicyclic) bond motifs is 3. The van der Waals surface area contributed by atoms with Gasteiger partial charge in [-0.25, -0.2) is 0 Å². The standard InChI is InChI=1S/C16H16O4S/c1-17-9-5-7-11-13(15(9)19-3)14-12(21-11)8-6-10(18-2)16(14)20-4/h5-8H,1-4H3. The van der Waals surface area contributed by atoms with Crippen LogP contribution in [0.4, 0.5) is 0 Å². The number of thiophene rings is 1. The highest BCUT2D eigenvalue weighted by Gasteiger charge is 2.20. The van der Waals surface area contributed by atoms with E-state index in [1.54, 1.807) is 39.8 Å². The lowest BCUT2D eigenvalue weighted by Crippen LogP contribution is -1.93. The topological polar surface area (TPSA) is 36.9 Å². The predicted molar refractivity (Wildman–Crippen MR) is 85.5 cm³/mol. The van der Waals surface area contributed by atoms with Crippen molar-refractivity contribution in [2.45, 2.75) is 0 Å². The molecule has 0 aliphatic heterocycles. The van der Waals surface area contributed by atoms with E-state index in [0.29, 0.717) is 23.0 Å². The van der Waals surface area contributed by atoms with Crippen LogP contribution in [-0.2, 0) is 0 Å². The van der Waals surface area contributed by atoms with Crippen LogP contribution in [0.3, 0.4) is 0 Å². The van der Waals surface area contributed by atoms with Gasteiger partial charge in [-0.15, -0.1) is 11.3 Å². The maximum atomic E-state index is 5.57. The van der Waals surface area contributed by atoms with Gasteiger partial charge in [0, 0.05) is 9.40 Å². The number of ether oxygens (including phenoxy) is 4. The van der Waals surface area contributed by atoms with Gasteiger partial charge in [0.05, 0.1) is 39.2 Å². The van der Waals surface area contributed by atoms with Crippen molar-refractivity contribution < 1.29 is 18.9 Å². The lowest BCUT2D eigenvalue weighted by molar-refractivity contribution is 0.356. The molecule has 1 heterocycles. The SMILES string of the molecule is COc1ccc2sc3ccc(OC)c(OC)c3c2c1OC. The van der Waals surface area contributed by atoms with Gasteiger partial charge in [-0.2, -0.15) is 0 Å². The molecule has 3 rings (SSSR count). The zero-order valence-electron chi connectivity index (χ0n) is 12.4. The average Bonchev–Trinajstić information content (AvgIpc) is 2.91. The van der Waals surface area contributed by atoms with E-state index in [1.807, 2.05) is 24.3 Å². The number of benzene rings is 2. The van der Waals surface area contributed by atoms with Crippen LogP contribution >= 0.6 is 11.3 Å². The normalized spacial score (nSPS) is 10.9. The second-order valence-electron chi connectivity index (χ2n) is 4.45. The van der Waals surface area contributed by atoms with E-state index in [4.69, 9.17) is 18.9 Å². The lowest BCUT2D eigenvalue weighted by atomic mass is 10.1. The van der Waals surface area contributed by atoms with E-state index in [-0.39, 0.29) is 0 Å². The Morgan fingerprint density at radius 3 is 1.38 bits per heavy atom. The van der Waals surface area contributed by atoms with Crippen LogP contribution in [0.1, 0.15) is 0 Å². The molecule has 5 heteroatoms. The molecule has 0 N–H and O–H groups in total. The van der Waals surface area contributed by atoms with Gasteiger partial charge < -0.3 is 18.9 Å². The van der Waals surface area contributed by atoms with E-state index < -0.39 is 0 Å². The van der Waals surface area contributed by atoms with Crippen molar-refractivity contribution in [2.75, 3.05) is 28.4 Å².